The molecule has 1 aromatic heterocycles. The van der Waals surface area contributed by atoms with Gasteiger partial charge in [-0.3, -0.25) is 0 Å². The smallest absolute Gasteiger partial charge is 0.216 e. The fourth-order valence-electron chi connectivity index (χ4n) is 3.42. The van der Waals surface area contributed by atoms with E-state index in [1.54, 1.807) is 19.1 Å². The highest BCUT2D eigenvalue weighted by molar-refractivity contribution is 7.63. The first-order valence-electron chi connectivity index (χ1n) is 7.89. The van der Waals surface area contributed by atoms with Gasteiger partial charge in [-0.05, 0) is 24.6 Å². The highest BCUT2D eigenvalue weighted by Gasteiger charge is 2.50. The van der Waals surface area contributed by atoms with Crippen molar-refractivity contribution in [3.8, 4) is 6.07 Å². The number of benzene rings is 1. The Labute approximate surface area is 157 Å². The number of pyridine rings is 1. The molecule has 0 unspecified atom stereocenters. The van der Waals surface area contributed by atoms with Gasteiger partial charge in [0.05, 0.1) is 12.0 Å². The van der Waals surface area contributed by atoms with E-state index in [1.807, 2.05) is 48.0 Å². The molecule has 0 bridgehead atoms. The van der Waals surface area contributed by atoms with E-state index in [4.69, 9.17) is 24.2 Å². The number of nitrogens with one attached hydrogen (secondary N) is 1. The molecule has 0 fully saturated rings. The Morgan fingerprint density at radius 3 is 2.56 bits per heavy atom. The lowest BCUT2D eigenvalue weighted by Crippen LogP contribution is -2.64. The van der Waals surface area contributed by atoms with Gasteiger partial charge in [0.25, 0.3) is 0 Å². The lowest BCUT2D eigenvalue weighted by atomic mass is 9.78. The normalized spacial score (nSPS) is 26.0. The Balaban J connectivity index is 2.26. The average molecular weight is 372 g/mol. The van der Waals surface area contributed by atoms with Crippen LogP contribution in [0.3, 0.4) is 0 Å². The van der Waals surface area contributed by atoms with Gasteiger partial charge in [-0.15, -0.1) is 0 Å². The second-order valence-corrected chi connectivity index (χ2v) is 7.20. The fraction of sp³-hybridized carbons (Fsp3) is 0.263. The van der Waals surface area contributed by atoms with Crippen molar-refractivity contribution in [2.45, 2.75) is 31.5 Å². The summed E-state index contributed by atoms with van der Waals surface area (Å²) in [6.07, 6.45) is 1.91. The molecular weight excluding hydrogens is 354 g/mol. The number of aliphatic hydroxyl groups is 1. The Morgan fingerprint density at radius 1 is 1.28 bits per heavy atom. The summed E-state index contributed by atoms with van der Waals surface area (Å²) in [5, 5.41) is 24.7. The molecule has 0 spiro atoms. The molecule has 0 aliphatic carbocycles. The van der Waals surface area contributed by atoms with Crippen molar-refractivity contribution in [3.05, 3.63) is 75.5 Å². The molecule has 3 atom stereocenters. The summed E-state index contributed by atoms with van der Waals surface area (Å²) in [5.41, 5.74) is 0.965. The van der Waals surface area contributed by atoms with Crippen molar-refractivity contribution in [2.75, 3.05) is 0 Å². The lowest BCUT2D eigenvalue weighted by Gasteiger charge is -2.43. The summed E-state index contributed by atoms with van der Waals surface area (Å²) in [6, 6.07) is 14.9. The van der Waals surface area contributed by atoms with Crippen LogP contribution in [0, 0.1) is 18.3 Å². The van der Waals surface area contributed by atoms with Gasteiger partial charge in [-0.25, -0.2) is 0 Å². The van der Waals surface area contributed by atoms with Crippen LogP contribution in [0.1, 0.15) is 30.1 Å². The Kier molecular flexibility index (Phi) is 4.70. The number of nitriles is 1. The van der Waals surface area contributed by atoms with Crippen molar-refractivity contribution in [1.29, 1.82) is 5.26 Å². The number of halogens is 1. The van der Waals surface area contributed by atoms with E-state index in [2.05, 4.69) is 11.4 Å². The van der Waals surface area contributed by atoms with Crippen LogP contribution in [0.4, 0.5) is 0 Å². The van der Waals surface area contributed by atoms with E-state index in [-0.39, 0.29) is 5.03 Å². The molecule has 0 amide bonds. The van der Waals surface area contributed by atoms with Gasteiger partial charge in [-0.2, -0.15) is 9.83 Å². The summed E-state index contributed by atoms with van der Waals surface area (Å²) in [6.45, 7) is 3.65. The van der Waals surface area contributed by atoms with E-state index in [1.165, 1.54) is 0 Å². The zero-order valence-electron chi connectivity index (χ0n) is 13.9. The standard InChI is InChI=1S/C19H18ClN3OS/c1-12-5-3-4-10-23(12)17-16(13-6-8-14(20)9-7-13)15(11-21)18(25)22-19(17,2)24/h3-10,16-17,22,24H,1-2H3/t16-,17+,19+/m0/s1. The molecule has 6 heteroatoms. The van der Waals surface area contributed by atoms with Gasteiger partial charge in [0.2, 0.25) is 6.04 Å². The molecule has 1 aliphatic heterocycles. The summed E-state index contributed by atoms with van der Waals surface area (Å²) >= 11 is 11.4. The molecule has 3 rings (SSSR count). The van der Waals surface area contributed by atoms with Crippen LogP contribution in [0.2, 0.25) is 5.02 Å². The van der Waals surface area contributed by atoms with Crippen LogP contribution in [0.15, 0.2) is 59.3 Å². The molecule has 25 heavy (non-hydrogen) atoms. The second kappa shape index (κ2) is 6.64. The first-order valence-corrected chi connectivity index (χ1v) is 8.68. The molecule has 1 aromatic carbocycles. The number of nitrogens with zero attached hydrogens (tertiary/aromatic N) is 2. The van der Waals surface area contributed by atoms with Crippen molar-refractivity contribution in [1.82, 2.24) is 5.32 Å². The number of rotatable bonds is 2. The highest BCUT2D eigenvalue weighted by atomic mass is 35.5. The van der Waals surface area contributed by atoms with Crippen LogP contribution in [0.5, 0.6) is 0 Å². The van der Waals surface area contributed by atoms with E-state index in [9.17, 15) is 10.4 Å². The molecule has 2 N–H and O–H groups in total. The van der Waals surface area contributed by atoms with E-state index in [0.717, 1.165) is 11.3 Å². The van der Waals surface area contributed by atoms with E-state index in [0.29, 0.717) is 10.6 Å². The van der Waals surface area contributed by atoms with E-state index < -0.39 is 17.7 Å². The van der Waals surface area contributed by atoms with Crippen LogP contribution < -0.4 is 9.88 Å². The number of allylic oxidation sites excluding steroid dienone is 1. The second-order valence-electron chi connectivity index (χ2n) is 6.35. The monoisotopic (exact) mass is 371 g/mol. The van der Waals surface area contributed by atoms with Gasteiger partial charge >= 0.3 is 0 Å². The predicted octanol–water partition coefficient (Wildman–Crippen LogP) is 2.85. The average Bonchev–Trinajstić information content (AvgIpc) is 2.55. The van der Waals surface area contributed by atoms with E-state index >= 15 is 0 Å². The molecule has 1 aliphatic rings. The summed E-state index contributed by atoms with van der Waals surface area (Å²) in [4.78, 5) is 0. The minimum atomic E-state index is -1.32. The first kappa shape index (κ1) is 17.7. The minimum Gasteiger partial charge on any atom is -0.762 e. The van der Waals surface area contributed by atoms with Crippen molar-refractivity contribution >= 4 is 24.2 Å². The van der Waals surface area contributed by atoms with Crippen LogP contribution in [0.25, 0.3) is 0 Å². The van der Waals surface area contributed by atoms with Gasteiger partial charge in [-0.1, -0.05) is 34.8 Å². The summed E-state index contributed by atoms with van der Waals surface area (Å²) in [5.74, 6) is -0.392. The first-order chi connectivity index (χ1) is 11.8. The molecule has 2 heterocycles. The molecule has 4 nitrogen and oxygen atoms in total. The number of aryl methyl sites for hydroxylation is 1. The fourth-order valence-corrected chi connectivity index (χ4v) is 3.92. The maximum atomic E-state index is 11.1. The molecule has 0 saturated carbocycles. The van der Waals surface area contributed by atoms with Crippen molar-refractivity contribution in [2.24, 2.45) is 0 Å². The van der Waals surface area contributed by atoms with Gasteiger partial charge in [0.15, 0.2) is 17.6 Å². The maximum Gasteiger partial charge on any atom is 0.216 e. The van der Waals surface area contributed by atoms with Crippen LogP contribution >= 0.6 is 11.6 Å². The van der Waals surface area contributed by atoms with Gasteiger partial charge in [0, 0.05) is 29.7 Å². The predicted molar refractivity (Wildman–Crippen MR) is 98.4 cm³/mol. The maximum absolute atomic E-state index is 11.1. The highest BCUT2D eigenvalue weighted by Crippen LogP contribution is 2.42. The number of hydrogen-bond acceptors (Lipinski definition) is 4. The molecule has 0 saturated heterocycles. The third-order valence-electron chi connectivity index (χ3n) is 4.57. The minimum absolute atomic E-state index is 0.276. The topological polar surface area (TPSA) is 59.9 Å². The lowest BCUT2D eigenvalue weighted by molar-refractivity contribution is -0.746. The van der Waals surface area contributed by atoms with Crippen molar-refractivity contribution < 1.29 is 9.67 Å². The zero-order valence-corrected chi connectivity index (χ0v) is 15.5. The Bertz CT molecular complexity index is 871. The van der Waals surface area contributed by atoms with Gasteiger partial charge in [0.1, 0.15) is 0 Å². The summed E-state index contributed by atoms with van der Waals surface area (Å²) < 4.78 is 1.98. The number of hydrogen-bond donors (Lipinski definition) is 2. The largest absolute Gasteiger partial charge is 0.762 e. The summed E-state index contributed by atoms with van der Waals surface area (Å²) in [7, 11) is 0. The van der Waals surface area contributed by atoms with Crippen LogP contribution in [-0.4, -0.2) is 10.8 Å². The molecule has 2 aromatic rings. The quantitative estimate of drug-likeness (QED) is 0.629. The van der Waals surface area contributed by atoms with Crippen LogP contribution in [-0.2, 0) is 12.6 Å². The zero-order chi connectivity index (χ0) is 18.2. The molecule has 128 valence electrons. The Morgan fingerprint density at radius 2 is 1.96 bits per heavy atom. The SMILES string of the molecule is Cc1cccc[n+]1[C@@H]1[C@@H](c2ccc(Cl)cc2)C(C#N)=C([S-])N[C@]1(C)O. The van der Waals surface area contributed by atoms with Gasteiger partial charge < -0.3 is 23.1 Å². The third-order valence-corrected chi connectivity index (χ3v) is 5.14. The molecule has 0 radical (unpaired) electrons. The van der Waals surface area contributed by atoms with Crippen molar-refractivity contribution in [3.63, 3.8) is 0 Å². The molecular formula is C19H18ClN3OS. The Hall–Kier alpha value is -2.13. The number of aromatic nitrogens is 1. The third kappa shape index (κ3) is 3.21.